The van der Waals surface area contributed by atoms with Crippen LogP contribution in [0.2, 0.25) is 0 Å². The van der Waals surface area contributed by atoms with Gasteiger partial charge >= 0.3 is 0 Å². The van der Waals surface area contributed by atoms with Gasteiger partial charge in [-0.15, -0.1) is 11.8 Å². The Morgan fingerprint density at radius 3 is 2.88 bits per heavy atom. The van der Waals surface area contributed by atoms with Crippen LogP contribution in [0, 0.1) is 0 Å². The lowest BCUT2D eigenvalue weighted by molar-refractivity contribution is 0.282. The normalized spacial score (nSPS) is 18.9. The molecule has 0 saturated carbocycles. The molecule has 17 heavy (non-hydrogen) atoms. The van der Waals surface area contributed by atoms with Gasteiger partial charge in [-0.05, 0) is 57.6 Å². The van der Waals surface area contributed by atoms with Gasteiger partial charge in [0, 0.05) is 11.4 Å². The van der Waals surface area contributed by atoms with Gasteiger partial charge in [0.25, 0.3) is 0 Å². The third kappa shape index (κ3) is 3.86. The molecule has 2 nitrogen and oxygen atoms in total. The van der Waals surface area contributed by atoms with E-state index in [1.165, 1.54) is 31.5 Å². The number of allylic oxidation sites excluding steroid dienone is 1. The first kappa shape index (κ1) is 12.7. The third-order valence-corrected chi connectivity index (χ3v) is 4.34. The Morgan fingerprint density at radius 1 is 1.41 bits per heavy atom. The number of aromatic nitrogens is 1. The topological polar surface area (TPSA) is 16.1 Å². The molecule has 1 aromatic heterocycles. The van der Waals surface area contributed by atoms with E-state index in [-0.39, 0.29) is 0 Å². The zero-order valence-corrected chi connectivity index (χ0v) is 11.4. The Labute approximate surface area is 108 Å². The average molecular weight is 248 g/mol. The van der Waals surface area contributed by atoms with Gasteiger partial charge in [-0.25, -0.2) is 4.98 Å². The zero-order valence-electron chi connectivity index (χ0n) is 10.6. The van der Waals surface area contributed by atoms with Crippen molar-refractivity contribution in [1.82, 2.24) is 9.88 Å². The molecule has 0 N–H and O–H groups in total. The van der Waals surface area contributed by atoms with Crippen molar-refractivity contribution in [3.8, 4) is 0 Å². The number of nitrogens with zero attached hydrogens (tertiary/aromatic N) is 2. The van der Waals surface area contributed by atoms with E-state index in [1.807, 2.05) is 24.9 Å². The maximum Gasteiger partial charge on any atom is 0.0968 e. The van der Waals surface area contributed by atoms with Crippen molar-refractivity contribution in [2.24, 2.45) is 0 Å². The summed E-state index contributed by atoms with van der Waals surface area (Å²) in [4.78, 5) is 6.85. The summed E-state index contributed by atoms with van der Waals surface area (Å²) < 4.78 is 0. The molecule has 0 atom stereocenters. The number of hydrogen-bond donors (Lipinski definition) is 0. The first-order valence-electron chi connectivity index (χ1n) is 6.22. The van der Waals surface area contributed by atoms with Gasteiger partial charge in [0.1, 0.15) is 0 Å². The minimum absolute atomic E-state index is 0.736. The fraction of sp³-hybridized carbons (Fsp3) is 0.500. The first-order chi connectivity index (χ1) is 8.28. The van der Waals surface area contributed by atoms with Crippen LogP contribution in [-0.4, -0.2) is 35.3 Å². The molecule has 1 saturated heterocycles. The summed E-state index contributed by atoms with van der Waals surface area (Å²) in [6, 6.07) is 4.24. The van der Waals surface area contributed by atoms with E-state index in [4.69, 9.17) is 0 Å². The van der Waals surface area contributed by atoms with E-state index in [0.29, 0.717) is 0 Å². The highest BCUT2D eigenvalue weighted by atomic mass is 32.2. The van der Waals surface area contributed by atoms with Crippen LogP contribution < -0.4 is 0 Å². The molecule has 92 valence electrons. The molecule has 0 spiro atoms. The van der Waals surface area contributed by atoms with Crippen LogP contribution in [0.1, 0.15) is 25.3 Å². The molecule has 1 aromatic rings. The van der Waals surface area contributed by atoms with Gasteiger partial charge in [0.2, 0.25) is 0 Å². The van der Waals surface area contributed by atoms with Crippen molar-refractivity contribution in [3.63, 3.8) is 0 Å². The third-order valence-electron chi connectivity index (χ3n) is 3.07. The number of pyridine rings is 1. The maximum absolute atomic E-state index is 4.45. The Morgan fingerprint density at radius 2 is 2.18 bits per heavy atom. The van der Waals surface area contributed by atoms with E-state index in [2.05, 4.69) is 41.2 Å². The lowest BCUT2D eigenvalue weighted by atomic mass is 10.1. The Kier molecular flexibility index (Phi) is 4.63. The van der Waals surface area contributed by atoms with Crippen molar-refractivity contribution >= 4 is 17.8 Å². The highest BCUT2D eigenvalue weighted by molar-refractivity contribution is 7.99. The molecule has 2 heterocycles. The molecule has 0 bridgehead atoms. The number of rotatable bonds is 3. The quantitative estimate of drug-likeness (QED) is 0.816. The van der Waals surface area contributed by atoms with Crippen LogP contribution in [0.3, 0.4) is 0 Å². The van der Waals surface area contributed by atoms with Gasteiger partial charge in [-0.3, -0.25) is 0 Å². The average Bonchev–Trinajstić information content (AvgIpc) is 2.33. The predicted octanol–water partition coefficient (Wildman–Crippen LogP) is 3.30. The first-order valence-corrected chi connectivity index (χ1v) is 7.10. The van der Waals surface area contributed by atoms with Gasteiger partial charge < -0.3 is 4.90 Å². The summed E-state index contributed by atoms with van der Waals surface area (Å²) in [6.45, 7) is 4.47. The molecular formula is C14H20N2S. The number of thioether (sulfide) groups is 1. The van der Waals surface area contributed by atoms with E-state index in [9.17, 15) is 0 Å². The lowest BCUT2D eigenvalue weighted by Gasteiger charge is -2.28. The van der Waals surface area contributed by atoms with Crippen LogP contribution in [0.15, 0.2) is 29.4 Å². The van der Waals surface area contributed by atoms with E-state index >= 15 is 0 Å². The summed E-state index contributed by atoms with van der Waals surface area (Å²) in [6.07, 6.45) is 8.65. The van der Waals surface area contributed by atoms with Gasteiger partial charge in [-0.1, -0.05) is 12.2 Å². The van der Waals surface area contributed by atoms with Crippen LogP contribution in [0.4, 0.5) is 0 Å². The maximum atomic E-state index is 4.45. The van der Waals surface area contributed by atoms with Crippen molar-refractivity contribution in [2.75, 3.05) is 20.1 Å². The van der Waals surface area contributed by atoms with Gasteiger partial charge in [-0.2, -0.15) is 0 Å². The summed E-state index contributed by atoms with van der Waals surface area (Å²) >= 11 is 1.93. The molecule has 0 unspecified atom stereocenters. The Balaban J connectivity index is 1.96. The molecule has 0 aliphatic carbocycles. The molecule has 1 aliphatic heterocycles. The molecule has 0 amide bonds. The molecule has 1 fully saturated rings. The second-order valence-corrected chi connectivity index (χ2v) is 5.87. The fourth-order valence-electron chi connectivity index (χ4n) is 2.06. The molecule has 3 heteroatoms. The second kappa shape index (κ2) is 6.22. The predicted molar refractivity (Wildman–Crippen MR) is 75.3 cm³/mol. The molecular weight excluding hydrogens is 228 g/mol. The number of piperidine rings is 1. The van der Waals surface area contributed by atoms with Crippen molar-refractivity contribution < 1.29 is 0 Å². The lowest BCUT2D eigenvalue weighted by Crippen LogP contribution is -2.31. The van der Waals surface area contributed by atoms with Crippen LogP contribution in [-0.2, 0) is 0 Å². The molecule has 0 radical (unpaired) electrons. The second-order valence-electron chi connectivity index (χ2n) is 4.55. The molecule has 2 rings (SSSR count). The fourth-order valence-corrected chi connectivity index (χ4v) is 3.17. The Hall–Kier alpha value is -0.800. The highest BCUT2D eigenvalue weighted by Gasteiger charge is 2.17. The van der Waals surface area contributed by atoms with Crippen LogP contribution in [0.25, 0.3) is 6.08 Å². The minimum atomic E-state index is 0.736. The summed E-state index contributed by atoms with van der Waals surface area (Å²) in [7, 11) is 2.20. The van der Waals surface area contributed by atoms with Crippen molar-refractivity contribution in [3.05, 3.63) is 30.0 Å². The zero-order chi connectivity index (χ0) is 12.1. The van der Waals surface area contributed by atoms with Gasteiger partial charge in [0.15, 0.2) is 0 Å². The van der Waals surface area contributed by atoms with Crippen molar-refractivity contribution in [2.45, 2.75) is 30.0 Å². The minimum Gasteiger partial charge on any atom is -0.306 e. The SMILES string of the molecule is C/C=C\c1ccnc(SC2CCN(C)CC2)c1. The largest absolute Gasteiger partial charge is 0.306 e. The monoisotopic (exact) mass is 248 g/mol. The van der Waals surface area contributed by atoms with Crippen LogP contribution in [0.5, 0.6) is 0 Å². The summed E-state index contributed by atoms with van der Waals surface area (Å²) in [5.41, 5.74) is 1.25. The standard InChI is InChI=1S/C14H20N2S/c1-3-4-12-5-8-15-14(11-12)17-13-6-9-16(2)10-7-13/h3-5,8,11,13H,6-7,9-10H2,1-2H3/b4-3-. The van der Waals surface area contributed by atoms with E-state index < -0.39 is 0 Å². The summed E-state index contributed by atoms with van der Waals surface area (Å²) in [5.74, 6) is 0. The number of hydrogen-bond acceptors (Lipinski definition) is 3. The van der Waals surface area contributed by atoms with Crippen LogP contribution >= 0.6 is 11.8 Å². The van der Waals surface area contributed by atoms with Crippen molar-refractivity contribution in [1.29, 1.82) is 0 Å². The molecule has 0 aromatic carbocycles. The van der Waals surface area contributed by atoms with E-state index in [1.54, 1.807) is 0 Å². The number of likely N-dealkylation sites (tertiary alicyclic amines) is 1. The van der Waals surface area contributed by atoms with Gasteiger partial charge in [0.05, 0.1) is 5.03 Å². The smallest absolute Gasteiger partial charge is 0.0968 e. The Bertz CT molecular complexity index is 382. The summed E-state index contributed by atoms with van der Waals surface area (Å²) in [5, 5.41) is 1.90. The molecule has 1 aliphatic rings. The highest BCUT2D eigenvalue weighted by Crippen LogP contribution is 2.29. The van der Waals surface area contributed by atoms with E-state index in [0.717, 1.165) is 10.3 Å².